The van der Waals surface area contributed by atoms with E-state index in [1.165, 1.54) is 0 Å². The summed E-state index contributed by atoms with van der Waals surface area (Å²) in [6.45, 7) is 3.32. The number of nitrogens with zero attached hydrogens (tertiary/aromatic N) is 1. The average molecular weight is 274 g/mol. The highest BCUT2D eigenvalue weighted by molar-refractivity contribution is 7.11. The zero-order chi connectivity index (χ0) is 13.2. The molecule has 0 aromatic carbocycles. The number of hydrogen-bond donors (Lipinski definition) is 2. The molecule has 18 heavy (non-hydrogen) atoms. The Labute approximate surface area is 110 Å². The molecule has 1 heterocycles. The van der Waals surface area contributed by atoms with Gasteiger partial charge in [0.1, 0.15) is 0 Å². The van der Waals surface area contributed by atoms with Crippen molar-refractivity contribution < 1.29 is 19.4 Å². The van der Waals surface area contributed by atoms with Crippen LogP contribution >= 0.6 is 11.3 Å². The summed E-state index contributed by atoms with van der Waals surface area (Å²) in [4.78, 5) is 14.6. The highest BCUT2D eigenvalue weighted by atomic mass is 32.1. The maximum absolute atomic E-state index is 10.6. The summed E-state index contributed by atoms with van der Waals surface area (Å²) in [6, 6.07) is 0. The lowest BCUT2D eigenvalue weighted by Crippen LogP contribution is -2.17. The molecule has 0 aliphatic rings. The lowest BCUT2D eigenvalue weighted by molar-refractivity contribution is 0.0694. The van der Waals surface area contributed by atoms with Crippen molar-refractivity contribution in [2.45, 2.75) is 13.0 Å². The quantitative estimate of drug-likeness (QED) is 0.619. The normalized spacial score (nSPS) is 10.7. The van der Waals surface area contributed by atoms with Crippen molar-refractivity contribution in [1.29, 1.82) is 0 Å². The van der Waals surface area contributed by atoms with Gasteiger partial charge in [-0.05, 0) is 13.0 Å². The molecule has 0 saturated carbocycles. The van der Waals surface area contributed by atoms with Gasteiger partial charge in [0.2, 0.25) is 5.01 Å². The smallest absolute Gasteiger partial charge is 0.365 e. The Morgan fingerprint density at radius 1 is 1.50 bits per heavy atom. The van der Waals surface area contributed by atoms with Gasteiger partial charge in [-0.1, -0.05) is 0 Å². The fraction of sp³-hybridized carbons (Fsp3) is 0.636. The molecule has 1 aromatic rings. The number of thiazole rings is 1. The fourth-order valence-corrected chi connectivity index (χ4v) is 1.90. The predicted octanol–water partition coefficient (Wildman–Crippen LogP) is 0.984. The third-order valence-electron chi connectivity index (χ3n) is 2.11. The molecule has 0 amide bonds. The van der Waals surface area contributed by atoms with Crippen LogP contribution in [0.3, 0.4) is 0 Å². The van der Waals surface area contributed by atoms with Gasteiger partial charge in [-0.2, -0.15) is 0 Å². The summed E-state index contributed by atoms with van der Waals surface area (Å²) in [5, 5.41) is 13.8. The van der Waals surface area contributed by atoms with Gasteiger partial charge in [0.15, 0.2) is 0 Å². The molecule has 0 fully saturated rings. The molecule has 0 aliphatic carbocycles. The van der Waals surface area contributed by atoms with Crippen molar-refractivity contribution in [3.05, 3.63) is 16.1 Å². The van der Waals surface area contributed by atoms with E-state index in [1.807, 2.05) is 0 Å². The van der Waals surface area contributed by atoms with Gasteiger partial charge in [0, 0.05) is 25.6 Å². The van der Waals surface area contributed by atoms with E-state index in [1.54, 1.807) is 12.5 Å². The van der Waals surface area contributed by atoms with Crippen molar-refractivity contribution in [1.82, 2.24) is 10.3 Å². The Balaban J connectivity index is 2.02. The second-order valence-corrected chi connectivity index (χ2v) is 4.44. The maximum atomic E-state index is 10.6. The number of aromatic nitrogens is 1. The molecule has 102 valence electrons. The Morgan fingerprint density at radius 2 is 2.33 bits per heavy atom. The van der Waals surface area contributed by atoms with Crippen molar-refractivity contribution in [3.63, 3.8) is 0 Å². The number of carboxylic acid groups (broad SMARTS) is 1. The minimum atomic E-state index is -0.974. The molecular weight excluding hydrogens is 256 g/mol. The van der Waals surface area contributed by atoms with E-state index < -0.39 is 5.97 Å². The topological polar surface area (TPSA) is 80.7 Å². The van der Waals surface area contributed by atoms with E-state index in [-0.39, 0.29) is 5.01 Å². The summed E-state index contributed by atoms with van der Waals surface area (Å²) in [5.41, 5.74) is 0.762. The SMILES string of the molecule is COCCOCCCNCc1csc(C(=O)O)n1. The molecule has 0 atom stereocenters. The van der Waals surface area contributed by atoms with E-state index in [2.05, 4.69) is 10.3 Å². The van der Waals surface area contributed by atoms with Crippen LogP contribution in [-0.2, 0) is 16.0 Å². The van der Waals surface area contributed by atoms with E-state index in [0.29, 0.717) is 26.4 Å². The Morgan fingerprint density at radius 3 is 3.00 bits per heavy atom. The summed E-state index contributed by atoms with van der Waals surface area (Å²) in [5.74, 6) is -0.974. The van der Waals surface area contributed by atoms with Gasteiger partial charge in [-0.25, -0.2) is 9.78 Å². The van der Waals surface area contributed by atoms with E-state index in [0.717, 1.165) is 30.0 Å². The van der Waals surface area contributed by atoms with Crippen molar-refractivity contribution >= 4 is 17.3 Å². The summed E-state index contributed by atoms with van der Waals surface area (Å²) >= 11 is 1.15. The van der Waals surface area contributed by atoms with Gasteiger partial charge >= 0.3 is 5.97 Å². The summed E-state index contributed by atoms with van der Waals surface area (Å²) in [7, 11) is 1.64. The number of ether oxygens (including phenoxy) is 2. The largest absolute Gasteiger partial charge is 0.476 e. The number of hydrogen-bond acceptors (Lipinski definition) is 6. The van der Waals surface area contributed by atoms with Crippen molar-refractivity contribution in [3.8, 4) is 0 Å². The van der Waals surface area contributed by atoms with Gasteiger partial charge in [-0.3, -0.25) is 0 Å². The minimum Gasteiger partial charge on any atom is -0.476 e. The number of carboxylic acids is 1. The molecule has 1 aromatic heterocycles. The molecule has 0 radical (unpaired) electrons. The summed E-state index contributed by atoms with van der Waals surface area (Å²) in [6.07, 6.45) is 0.902. The van der Waals surface area contributed by atoms with Crippen molar-refractivity contribution in [2.75, 3.05) is 33.5 Å². The monoisotopic (exact) mass is 274 g/mol. The van der Waals surface area contributed by atoms with Crippen LogP contribution in [0.5, 0.6) is 0 Å². The molecule has 1 rings (SSSR count). The Kier molecular flexibility index (Phi) is 7.51. The third-order valence-corrected chi connectivity index (χ3v) is 2.99. The fourth-order valence-electron chi connectivity index (χ4n) is 1.25. The first kappa shape index (κ1) is 15.0. The molecule has 0 spiro atoms. The van der Waals surface area contributed by atoms with Crippen LogP contribution in [0.1, 0.15) is 21.9 Å². The average Bonchev–Trinajstić information content (AvgIpc) is 2.81. The number of aromatic carboxylic acids is 1. The predicted molar refractivity (Wildman–Crippen MR) is 68.1 cm³/mol. The van der Waals surface area contributed by atoms with Gasteiger partial charge in [0.25, 0.3) is 0 Å². The standard InChI is InChI=1S/C11H18N2O4S/c1-16-5-6-17-4-2-3-12-7-9-8-18-10(13-9)11(14)15/h8,12H,2-7H2,1H3,(H,14,15). The van der Waals surface area contributed by atoms with E-state index in [4.69, 9.17) is 14.6 Å². The van der Waals surface area contributed by atoms with Crippen LogP contribution < -0.4 is 5.32 Å². The molecule has 2 N–H and O–H groups in total. The van der Waals surface area contributed by atoms with Crippen LogP contribution in [0.4, 0.5) is 0 Å². The lowest BCUT2D eigenvalue weighted by atomic mass is 10.4. The number of rotatable bonds is 10. The number of nitrogens with one attached hydrogen (secondary N) is 1. The van der Waals surface area contributed by atoms with Gasteiger partial charge in [0.05, 0.1) is 18.9 Å². The molecular formula is C11H18N2O4S. The third kappa shape index (κ3) is 6.06. The van der Waals surface area contributed by atoms with E-state index >= 15 is 0 Å². The van der Waals surface area contributed by atoms with Gasteiger partial charge < -0.3 is 19.9 Å². The minimum absolute atomic E-state index is 0.134. The molecule has 6 nitrogen and oxygen atoms in total. The lowest BCUT2D eigenvalue weighted by Gasteiger charge is -2.04. The Hall–Kier alpha value is -1.02. The highest BCUT2D eigenvalue weighted by Crippen LogP contribution is 2.08. The number of methoxy groups -OCH3 is 1. The van der Waals surface area contributed by atoms with Crippen LogP contribution in [0.15, 0.2) is 5.38 Å². The first-order valence-electron chi connectivity index (χ1n) is 5.69. The maximum Gasteiger partial charge on any atom is 0.365 e. The zero-order valence-corrected chi connectivity index (χ0v) is 11.2. The Bertz CT molecular complexity index is 357. The highest BCUT2D eigenvalue weighted by Gasteiger charge is 2.07. The van der Waals surface area contributed by atoms with Crippen LogP contribution in [0, 0.1) is 0 Å². The molecule has 0 saturated heterocycles. The number of carbonyl (C=O) groups is 1. The van der Waals surface area contributed by atoms with Gasteiger partial charge in [-0.15, -0.1) is 11.3 Å². The van der Waals surface area contributed by atoms with Crippen molar-refractivity contribution in [2.24, 2.45) is 0 Å². The molecule has 7 heteroatoms. The molecule has 0 bridgehead atoms. The first-order chi connectivity index (χ1) is 8.74. The first-order valence-corrected chi connectivity index (χ1v) is 6.57. The second kappa shape index (κ2) is 8.98. The second-order valence-electron chi connectivity index (χ2n) is 3.58. The van der Waals surface area contributed by atoms with Crippen LogP contribution in [0.25, 0.3) is 0 Å². The molecule has 0 unspecified atom stereocenters. The van der Waals surface area contributed by atoms with E-state index in [9.17, 15) is 4.79 Å². The summed E-state index contributed by atoms with van der Waals surface area (Å²) < 4.78 is 10.2. The molecule has 0 aliphatic heterocycles. The zero-order valence-electron chi connectivity index (χ0n) is 10.3. The van der Waals surface area contributed by atoms with Crippen LogP contribution in [0.2, 0.25) is 0 Å². The van der Waals surface area contributed by atoms with Crippen LogP contribution in [-0.4, -0.2) is 49.5 Å².